The van der Waals surface area contributed by atoms with Crippen molar-refractivity contribution in [2.75, 3.05) is 41.4 Å². The summed E-state index contributed by atoms with van der Waals surface area (Å²) in [7, 11) is 0. The Morgan fingerprint density at radius 3 is 2.85 bits per heavy atom. The van der Waals surface area contributed by atoms with Crippen molar-refractivity contribution in [3.05, 3.63) is 53.9 Å². The van der Waals surface area contributed by atoms with Crippen LogP contribution in [0.1, 0.15) is 30.9 Å². The highest BCUT2D eigenvalue weighted by molar-refractivity contribution is 6.04. The number of nitrogens with one attached hydrogen (secondary N) is 1. The SMILES string of the molecule is Cc1cc2c(nc1-c1cccc(C(F)(F)F)c1)N(C(=O)Nc1cc(OC[C@@H](C)CO)ncn1)[C@H]1CCCN2C1. The molecular formula is C27H29F3N6O3. The zero-order valence-electron chi connectivity index (χ0n) is 21.6. The molecule has 39 heavy (non-hydrogen) atoms. The topological polar surface area (TPSA) is 104 Å². The number of hydrogen-bond acceptors (Lipinski definition) is 7. The molecule has 5 rings (SSSR count). The van der Waals surface area contributed by atoms with Crippen LogP contribution in [-0.2, 0) is 6.18 Å². The summed E-state index contributed by atoms with van der Waals surface area (Å²) in [6, 6.07) is 7.81. The van der Waals surface area contributed by atoms with Gasteiger partial charge in [0, 0.05) is 37.2 Å². The number of carbonyl (C=O) groups excluding carboxylic acids is 1. The summed E-state index contributed by atoms with van der Waals surface area (Å²) < 4.78 is 45.8. The number of halogens is 3. The molecule has 0 spiro atoms. The van der Waals surface area contributed by atoms with Crippen molar-refractivity contribution >= 4 is 23.4 Å². The molecule has 2 aromatic heterocycles. The molecule has 0 unspecified atom stereocenters. The largest absolute Gasteiger partial charge is 0.477 e. The summed E-state index contributed by atoms with van der Waals surface area (Å²) in [6.07, 6.45) is -1.57. The number of urea groups is 1. The van der Waals surface area contributed by atoms with Crippen LogP contribution in [0.5, 0.6) is 5.88 Å². The number of fused-ring (bicyclic) bond motifs is 4. The maximum Gasteiger partial charge on any atom is 0.416 e. The van der Waals surface area contributed by atoms with E-state index in [2.05, 4.69) is 20.2 Å². The normalized spacial score (nSPS) is 17.4. The highest BCUT2D eigenvalue weighted by Crippen LogP contribution is 2.41. The molecule has 12 heteroatoms. The minimum absolute atomic E-state index is 0.0313. The Labute approximate surface area is 223 Å². The van der Waals surface area contributed by atoms with E-state index in [9.17, 15) is 23.1 Å². The second-order valence-corrected chi connectivity index (χ2v) is 9.96. The maximum absolute atomic E-state index is 13.6. The molecule has 9 nitrogen and oxygen atoms in total. The molecule has 2 aliphatic heterocycles. The lowest BCUT2D eigenvalue weighted by atomic mass is 9.97. The smallest absolute Gasteiger partial charge is 0.416 e. The molecule has 0 radical (unpaired) electrons. The number of benzene rings is 1. The van der Waals surface area contributed by atoms with Crippen molar-refractivity contribution in [2.24, 2.45) is 5.92 Å². The van der Waals surface area contributed by atoms with Crippen LogP contribution in [-0.4, -0.2) is 58.4 Å². The molecule has 2 N–H and O–H groups in total. The van der Waals surface area contributed by atoms with Gasteiger partial charge in [-0.25, -0.2) is 19.7 Å². The summed E-state index contributed by atoms with van der Waals surface area (Å²) in [5.41, 5.74) is 1.43. The van der Waals surface area contributed by atoms with Gasteiger partial charge in [0.15, 0.2) is 5.82 Å². The van der Waals surface area contributed by atoms with E-state index in [1.54, 1.807) is 11.0 Å². The predicted octanol–water partition coefficient (Wildman–Crippen LogP) is 4.89. The van der Waals surface area contributed by atoms with Crippen molar-refractivity contribution in [2.45, 2.75) is 38.9 Å². The first-order valence-electron chi connectivity index (χ1n) is 12.7. The van der Waals surface area contributed by atoms with Gasteiger partial charge in [0.1, 0.15) is 12.1 Å². The standard InChI is InChI=1S/C27H29F3N6O3/c1-16(13-37)14-39-23-11-22(31-15-32-23)33-26(38)36-20-7-4-8-35(12-20)21-9-17(2)24(34-25(21)36)18-5-3-6-19(10-18)27(28,29)30/h3,5-6,9-11,15-16,20,37H,4,7-8,12-14H2,1-2H3,(H,31,32,33,38)/t16-,20-/m0/s1. The summed E-state index contributed by atoms with van der Waals surface area (Å²) in [6.45, 7) is 5.29. The number of nitrogens with zero attached hydrogens (tertiary/aromatic N) is 5. The minimum atomic E-state index is -4.48. The number of ether oxygens (including phenoxy) is 1. The number of aryl methyl sites for hydroxylation is 1. The van der Waals surface area contributed by atoms with E-state index in [0.29, 0.717) is 29.2 Å². The Morgan fingerprint density at radius 1 is 1.26 bits per heavy atom. The van der Waals surface area contributed by atoms with Gasteiger partial charge in [-0.15, -0.1) is 0 Å². The van der Waals surface area contributed by atoms with E-state index in [1.807, 2.05) is 19.9 Å². The Bertz CT molecular complexity index is 1370. The van der Waals surface area contributed by atoms with Gasteiger partial charge in [0.2, 0.25) is 5.88 Å². The van der Waals surface area contributed by atoms with Crippen LogP contribution in [0.15, 0.2) is 42.7 Å². The molecule has 206 valence electrons. The first-order chi connectivity index (χ1) is 18.6. The molecule has 2 aliphatic rings. The van der Waals surface area contributed by atoms with Gasteiger partial charge in [-0.05, 0) is 43.5 Å². The number of aliphatic hydroxyl groups is 1. The predicted molar refractivity (Wildman–Crippen MR) is 140 cm³/mol. The van der Waals surface area contributed by atoms with Crippen LogP contribution in [0.25, 0.3) is 11.3 Å². The van der Waals surface area contributed by atoms with Crippen LogP contribution in [0.4, 0.5) is 35.3 Å². The minimum Gasteiger partial charge on any atom is -0.477 e. The summed E-state index contributed by atoms with van der Waals surface area (Å²) >= 11 is 0. The maximum atomic E-state index is 13.6. The van der Waals surface area contributed by atoms with Crippen molar-refractivity contribution in [1.82, 2.24) is 15.0 Å². The molecule has 3 aromatic rings. The fourth-order valence-electron chi connectivity index (χ4n) is 4.89. The quantitative estimate of drug-likeness (QED) is 0.457. The molecule has 2 atom stereocenters. The summed E-state index contributed by atoms with van der Waals surface area (Å²) in [4.78, 5) is 30.4. The Balaban J connectivity index is 1.48. The Morgan fingerprint density at radius 2 is 2.08 bits per heavy atom. The number of carbonyl (C=O) groups is 1. The monoisotopic (exact) mass is 542 g/mol. The van der Waals surface area contributed by atoms with E-state index in [0.717, 1.165) is 37.2 Å². The van der Waals surface area contributed by atoms with Crippen molar-refractivity contribution in [3.63, 3.8) is 0 Å². The number of rotatable bonds is 6. The van der Waals surface area contributed by atoms with Gasteiger partial charge in [-0.1, -0.05) is 19.1 Å². The Kier molecular flexibility index (Phi) is 7.30. The van der Waals surface area contributed by atoms with Crippen LogP contribution >= 0.6 is 0 Å². The first kappa shape index (κ1) is 26.7. The lowest BCUT2D eigenvalue weighted by Crippen LogP contribution is -2.56. The fourth-order valence-corrected chi connectivity index (χ4v) is 4.89. The van der Waals surface area contributed by atoms with E-state index >= 15 is 0 Å². The number of pyridine rings is 1. The molecular weight excluding hydrogens is 513 g/mol. The van der Waals surface area contributed by atoms with Gasteiger partial charge in [-0.2, -0.15) is 13.2 Å². The Hall–Kier alpha value is -3.93. The average molecular weight is 543 g/mol. The third kappa shape index (κ3) is 5.60. The highest BCUT2D eigenvalue weighted by Gasteiger charge is 2.39. The molecule has 2 amide bonds. The fraction of sp³-hybridized carbons (Fsp3) is 0.407. The van der Waals surface area contributed by atoms with Crippen molar-refractivity contribution < 1.29 is 27.8 Å². The second-order valence-electron chi connectivity index (χ2n) is 9.96. The lowest BCUT2D eigenvalue weighted by Gasteiger charge is -2.46. The van der Waals surface area contributed by atoms with Crippen LogP contribution in [0.3, 0.4) is 0 Å². The third-order valence-corrected chi connectivity index (χ3v) is 6.89. The first-order valence-corrected chi connectivity index (χ1v) is 12.7. The number of alkyl halides is 3. The van der Waals surface area contributed by atoms with Gasteiger partial charge in [0.25, 0.3) is 0 Å². The molecule has 1 saturated heterocycles. The number of anilines is 3. The molecule has 1 aromatic carbocycles. The van der Waals surface area contributed by atoms with E-state index in [1.165, 1.54) is 18.5 Å². The number of hydrogen-bond donors (Lipinski definition) is 2. The second kappa shape index (κ2) is 10.7. The number of amides is 2. The molecule has 4 heterocycles. The van der Waals surface area contributed by atoms with E-state index in [-0.39, 0.29) is 36.9 Å². The van der Waals surface area contributed by atoms with Gasteiger partial charge in [0.05, 0.1) is 29.6 Å². The summed E-state index contributed by atoms with van der Waals surface area (Å²) in [5, 5.41) is 12.0. The van der Waals surface area contributed by atoms with Crippen LogP contribution in [0.2, 0.25) is 0 Å². The molecule has 1 fully saturated rings. The van der Waals surface area contributed by atoms with Gasteiger partial charge >= 0.3 is 12.2 Å². The lowest BCUT2D eigenvalue weighted by molar-refractivity contribution is -0.137. The van der Waals surface area contributed by atoms with Gasteiger partial charge < -0.3 is 14.7 Å². The molecule has 2 bridgehead atoms. The molecule has 0 saturated carbocycles. The number of aromatic nitrogens is 3. The molecule has 0 aliphatic carbocycles. The van der Waals surface area contributed by atoms with Crippen molar-refractivity contribution in [1.29, 1.82) is 0 Å². The van der Waals surface area contributed by atoms with Gasteiger partial charge in [-0.3, -0.25) is 10.2 Å². The average Bonchev–Trinajstić information content (AvgIpc) is 2.92. The summed E-state index contributed by atoms with van der Waals surface area (Å²) in [5.74, 6) is 0.789. The third-order valence-electron chi connectivity index (χ3n) is 6.89. The van der Waals surface area contributed by atoms with E-state index in [4.69, 9.17) is 9.72 Å². The van der Waals surface area contributed by atoms with Crippen LogP contribution in [0, 0.1) is 12.8 Å². The number of piperidine rings is 1. The number of aliphatic hydroxyl groups excluding tert-OH is 1. The zero-order chi connectivity index (χ0) is 27.7. The van der Waals surface area contributed by atoms with E-state index < -0.39 is 17.8 Å². The zero-order valence-corrected chi connectivity index (χ0v) is 21.6. The highest BCUT2D eigenvalue weighted by atomic mass is 19.4. The van der Waals surface area contributed by atoms with Crippen LogP contribution < -0.4 is 19.9 Å². The van der Waals surface area contributed by atoms with Crippen molar-refractivity contribution in [3.8, 4) is 17.1 Å².